The molecule has 0 saturated carbocycles. The van der Waals surface area contributed by atoms with Crippen LogP contribution in [0.2, 0.25) is 0 Å². The Morgan fingerprint density at radius 3 is 0.962 bits per heavy atom. The monoisotopic (exact) mass is 754 g/mol. The highest BCUT2D eigenvalue weighted by Crippen LogP contribution is 2.44. The molecule has 0 aromatic heterocycles. The topological polar surface area (TPSA) is 58.6 Å². The summed E-state index contributed by atoms with van der Waals surface area (Å²) < 4.78 is 25.7. The normalized spacial score (nSPS) is 11.7. The van der Waals surface area contributed by atoms with Crippen molar-refractivity contribution >= 4 is 7.82 Å². The summed E-state index contributed by atoms with van der Waals surface area (Å²) in [7, 11) is -4.69. The summed E-state index contributed by atoms with van der Waals surface area (Å²) in [4.78, 5) is 13.8. The van der Waals surface area contributed by atoms with E-state index in [0.29, 0.717) is 11.5 Å². The second-order valence-electron chi connectivity index (χ2n) is 15.9. The average molecular weight is 754 g/mol. The molecule has 0 amide bonds. The second kappa shape index (κ2) is 31.4. The molecule has 4 nitrogen and oxygen atoms in total. The smallest absolute Gasteiger partial charge is 0.372 e. The fourth-order valence-corrected chi connectivity index (χ4v) is 8.61. The van der Waals surface area contributed by atoms with Crippen LogP contribution in [0.25, 0.3) is 0 Å². The minimum absolute atomic E-state index is 0.461. The summed E-state index contributed by atoms with van der Waals surface area (Å²) in [6, 6.07) is 12.0. The van der Waals surface area contributed by atoms with Gasteiger partial charge in [0.25, 0.3) is 0 Å². The number of phosphoric ester groups is 1. The molecule has 0 heterocycles. The van der Waals surface area contributed by atoms with Gasteiger partial charge in [-0.2, -0.15) is 0 Å². The first kappa shape index (κ1) is 47.4. The molecule has 5 heteroatoms. The molecule has 304 valence electrons. The van der Waals surface area contributed by atoms with Gasteiger partial charge in [0.15, 0.2) is 0 Å². The molecule has 0 aliphatic heterocycles. The molecule has 0 spiro atoms. The van der Waals surface area contributed by atoms with Gasteiger partial charge < -0.3 is 13.9 Å². The summed E-state index contributed by atoms with van der Waals surface area (Å²) >= 11 is 0. The Morgan fingerprint density at radius 1 is 0.396 bits per heavy atom. The lowest BCUT2D eigenvalue weighted by molar-refractivity contribution is -0.208. The van der Waals surface area contributed by atoms with Crippen molar-refractivity contribution in [2.45, 2.75) is 233 Å². The Labute approximate surface area is 328 Å². The van der Waals surface area contributed by atoms with E-state index in [4.69, 9.17) is 9.05 Å². The highest BCUT2D eigenvalue weighted by Gasteiger charge is 2.21. The van der Waals surface area contributed by atoms with Gasteiger partial charge in [-0.05, 0) is 85.8 Å². The Bertz CT molecular complexity index is 1120. The predicted molar refractivity (Wildman–Crippen MR) is 229 cm³/mol. The van der Waals surface area contributed by atoms with Gasteiger partial charge in [-0.25, -0.2) is 4.57 Å². The van der Waals surface area contributed by atoms with Crippen molar-refractivity contribution in [3.63, 3.8) is 0 Å². The van der Waals surface area contributed by atoms with Crippen LogP contribution < -0.4 is 13.9 Å². The van der Waals surface area contributed by atoms with Crippen molar-refractivity contribution in [1.29, 1.82) is 0 Å². The molecular weight excluding hydrogens is 671 g/mol. The van der Waals surface area contributed by atoms with Crippen LogP contribution in [0.3, 0.4) is 0 Å². The minimum atomic E-state index is -4.69. The molecule has 0 atom stereocenters. The van der Waals surface area contributed by atoms with Crippen molar-refractivity contribution < 1.29 is 18.5 Å². The first-order chi connectivity index (χ1) is 26.0. The molecule has 2 aromatic carbocycles. The summed E-state index contributed by atoms with van der Waals surface area (Å²) in [5.41, 5.74) is 4.59. The second-order valence-corrected chi connectivity index (χ2v) is 17.2. The van der Waals surface area contributed by atoms with Gasteiger partial charge in [0, 0.05) is 0 Å². The number of phosphoric acid groups is 1. The van der Waals surface area contributed by atoms with Crippen LogP contribution in [-0.2, 0) is 30.2 Å². The fraction of sp³-hybridized carbons (Fsp3) is 0.750. The molecule has 0 bridgehead atoms. The van der Waals surface area contributed by atoms with Gasteiger partial charge in [0.05, 0.1) is 0 Å². The Kier molecular flexibility index (Phi) is 28.1. The summed E-state index contributed by atoms with van der Waals surface area (Å²) in [5.74, 6) is 0.922. The first-order valence-electron chi connectivity index (χ1n) is 22.9. The largest absolute Gasteiger partial charge is 0.736 e. The molecule has 0 radical (unpaired) electrons. The number of aryl methyl sites for hydroxylation is 2. The lowest BCUT2D eigenvalue weighted by atomic mass is 9.95. The predicted octanol–water partition coefficient (Wildman–Crippen LogP) is 15.8. The van der Waals surface area contributed by atoms with Crippen molar-refractivity contribution in [1.82, 2.24) is 0 Å². The molecule has 2 rings (SSSR count). The molecule has 0 fully saturated rings. The molecule has 2 aromatic rings. The Hall–Kier alpha value is -1.77. The van der Waals surface area contributed by atoms with Crippen molar-refractivity contribution in [2.24, 2.45) is 0 Å². The van der Waals surface area contributed by atoms with Crippen molar-refractivity contribution in [3.8, 4) is 11.5 Å². The standard InChI is InChI=1S/C48H83O4P/c1-5-9-13-17-21-25-29-35-43-37-33-41-47(45(43)39-31-27-23-19-15-11-7-3)51-53(49,50)52-48-42-34-38-44(36-30-26-22-18-14-10-6-2)46(48)40-32-28-24-20-16-12-8-4/h33-34,37-38,41-42H,5-32,35-36,39-40H2,1-4H3,(H,49,50)/p-1. The van der Waals surface area contributed by atoms with Crippen LogP contribution in [0.5, 0.6) is 11.5 Å². The van der Waals surface area contributed by atoms with Gasteiger partial charge in [0.1, 0.15) is 11.5 Å². The molecule has 0 aliphatic rings. The number of unbranched alkanes of at least 4 members (excludes halogenated alkanes) is 24. The molecule has 0 unspecified atom stereocenters. The lowest BCUT2D eigenvalue weighted by Crippen LogP contribution is -2.15. The third-order valence-corrected chi connectivity index (χ3v) is 11.9. The number of hydrogen-bond acceptors (Lipinski definition) is 4. The van der Waals surface area contributed by atoms with Crippen molar-refractivity contribution in [2.75, 3.05) is 0 Å². The number of hydrogen-bond donors (Lipinski definition) is 0. The first-order valence-corrected chi connectivity index (χ1v) is 24.3. The van der Waals surface area contributed by atoms with Crippen LogP contribution in [0.1, 0.15) is 230 Å². The zero-order valence-electron chi connectivity index (χ0n) is 35.2. The SMILES string of the molecule is CCCCCCCCCc1cccc(OP(=O)([O-])Oc2cccc(CCCCCCCCC)c2CCCCCCCCC)c1CCCCCCCCC. The van der Waals surface area contributed by atoms with Gasteiger partial charge in [-0.1, -0.05) is 206 Å². The van der Waals surface area contributed by atoms with Gasteiger partial charge in [0.2, 0.25) is 0 Å². The van der Waals surface area contributed by atoms with E-state index < -0.39 is 7.82 Å². The average Bonchev–Trinajstić information content (AvgIpc) is 3.14. The van der Waals surface area contributed by atoms with Crippen LogP contribution in [0.15, 0.2) is 36.4 Å². The summed E-state index contributed by atoms with van der Waals surface area (Å²) in [5, 5.41) is 0. The molecule has 53 heavy (non-hydrogen) atoms. The molecule has 0 aliphatic carbocycles. The number of benzene rings is 2. The molecule has 0 N–H and O–H groups in total. The van der Waals surface area contributed by atoms with Crippen LogP contribution >= 0.6 is 7.82 Å². The summed E-state index contributed by atoms with van der Waals surface area (Å²) in [6.07, 6.45) is 38.4. The van der Waals surface area contributed by atoms with E-state index in [1.807, 2.05) is 24.3 Å². The zero-order chi connectivity index (χ0) is 38.2. The highest BCUT2D eigenvalue weighted by molar-refractivity contribution is 7.46. The van der Waals surface area contributed by atoms with Gasteiger partial charge in [-0.15, -0.1) is 0 Å². The lowest BCUT2D eigenvalue weighted by Gasteiger charge is -2.27. The highest BCUT2D eigenvalue weighted by atomic mass is 31.2. The number of rotatable bonds is 36. The van der Waals surface area contributed by atoms with E-state index in [2.05, 4.69) is 39.8 Å². The fourth-order valence-electron chi connectivity index (χ4n) is 7.75. The van der Waals surface area contributed by atoms with Crippen LogP contribution in [-0.4, -0.2) is 0 Å². The Balaban J connectivity index is 2.19. The Morgan fingerprint density at radius 2 is 0.660 bits per heavy atom. The summed E-state index contributed by atoms with van der Waals surface area (Å²) in [6.45, 7) is 9.04. The van der Waals surface area contributed by atoms with Crippen molar-refractivity contribution in [3.05, 3.63) is 58.7 Å². The van der Waals surface area contributed by atoms with Gasteiger partial charge >= 0.3 is 7.82 Å². The third-order valence-electron chi connectivity index (χ3n) is 11.0. The quantitative estimate of drug-likeness (QED) is 0.0513. The van der Waals surface area contributed by atoms with E-state index in [1.54, 1.807) is 0 Å². The van der Waals surface area contributed by atoms with E-state index >= 15 is 0 Å². The molecular formula is C48H82O4P-. The van der Waals surface area contributed by atoms with E-state index in [1.165, 1.54) is 152 Å². The van der Waals surface area contributed by atoms with Crippen LogP contribution in [0.4, 0.5) is 0 Å². The maximum Gasteiger partial charge on any atom is 0.372 e. The van der Waals surface area contributed by atoms with Gasteiger partial charge in [-0.3, -0.25) is 0 Å². The van der Waals surface area contributed by atoms with E-state index in [0.717, 1.165) is 75.3 Å². The van der Waals surface area contributed by atoms with E-state index in [9.17, 15) is 9.46 Å². The zero-order valence-corrected chi connectivity index (χ0v) is 36.1. The van der Waals surface area contributed by atoms with Crippen LogP contribution in [0, 0.1) is 0 Å². The van der Waals surface area contributed by atoms with E-state index in [-0.39, 0.29) is 0 Å². The minimum Gasteiger partial charge on any atom is -0.736 e. The maximum absolute atomic E-state index is 13.8. The molecule has 0 saturated heterocycles. The maximum atomic E-state index is 13.8. The third kappa shape index (κ3) is 22.4.